The topological polar surface area (TPSA) is 41.5 Å². The van der Waals surface area contributed by atoms with Gasteiger partial charge in [0.1, 0.15) is 5.58 Å². The molecule has 1 saturated heterocycles. The third kappa shape index (κ3) is 4.24. The van der Waals surface area contributed by atoms with Crippen molar-refractivity contribution in [2.75, 3.05) is 19.6 Å². The van der Waals surface area contributed by atoms with Crippen molar-refractivity contribution in [3.63, 3.8) is 0 Å². The number of aromatic nitrogens is 1. The van der Waals surface area contributed by atoms with Gasteiger partial charge in [0.15, 0.2) is 5.58 Å². The molecule has 2 heterocycles. The van der Waals surface area contributed by atoms with Crippen LogP contribution in [-0.2, 0) is 6.54 Å². The Hall–Kier alpha value is -1.82. The van der Waals surface area contributed by atoms with Crippen LogP contribution in [0.2, 0.25) is 0 Å². The largest absolute Gasteiger partial charge is 0.454 e. The van der Waals surface area contributed by atoms with Gasteiger partial charge in [-0.2, -0.15) is 0 Å². The monoisotopic (exact) mass is 490 g/mol. The smallest absolute Gasteiger partial charge is 0.151 e. The Bertz CT molecular complexity index is 1210. The summed E-state index contributed by atoms with van der Waals surface area (Å²) < 4.78 is 9.92. The molecule has 4 saturated carbocycles. The van der Waals surface area contributed by atoms with Crippen molar-refractivity contribution in [1.82, 2.24) is 8.86 Å². The lowest BCUT2D eigenvalue weighted by Gasteiger charge is -2.59. The van der Waals surface area contributed by atoms with Crippen LogP contribution < -0.4 is 0 Å². The van der Waals surface area contributed by atoms with Gasteiger partial charge in [-0.25, -0.2) is 0 Å². The molecule has 1 N–H and O–H groups in total. The summed E-state index contributed by atoms with van der Waals surface area (Å²) in [5.41, 5.74) is 3.31. The zero-order valence-electron chi connectivity index (χ0n) is 20.6. The van der Waals surface area contributed by atoms with Crippen LogP contribution in [-0.4, -0.2) is 39.7 Å². The van der Waals surface area contributed by atoms with Crippen LogP contribution in [0.1, 0.15) is 51.4 Å². The molecule has 4 nitrogen and oxygen atoms in total. The minimum absolute atomic E-state index is 0.130. The Labute approximate surface area is 212 Å². The van der Waals surface area contributed by atoms with Gasteiger partial charge >= 0.3 is 0 Å². The molecule has 5 fully saturated rings. The number of piperidine rings is 1. The van der Waals surface area contributed by atoms with Crippen molar-refractivity contribution in [2.45, 2.75) is 64.0 Å². The highest BCUT2D eigenvalue weighted by molar-refractivity contribution is 7.13. The van der Waals surface area contributed by atoms with Crippen LogP contribution in [0.4, 0.5) is 0 Å². The Morgan fingerprint density at radius 1 is 0.886 bits per heavy atom. The Morgan fingerprint density at radius 3 is 2.23 bits per heavy atom. The van der Waals surface area contributed by atoms with E-state index in [0.717, 1.165) is 55.1 Å². The zero-order chi connectivity index (χ0) is 23.4. The number of aliphatic hydroxyl groups excluding tert-OH is 1. The fraction of sp³-hybridized carbons (Fsp3) is 0.600. The number of nitrogens with zero attached hydrogens (tertiary/aromatic N) is 2. The molecule has 8 rings (SSSR count). The molecular weight excluding hydrogens is 452 g/mol. The predicted molar refractivity (Wildman–Crippen MR) is 143 cm³/mol. The minimum atomic E-state index is -0.130. The first-order valence-electron chi connectivity index (χ1n) is 13.9. The van der Waals surface area contributed by atoms with Crippen molar-refractivity contribution in [1.29, 1.82) is 0 Å². The normalized spacial score (nSPS) is 31.9. The van der Waals surface area contributed by atoms with Crippen LogP contribution in [0.5, 0.6) is 0 Å². The second-order valence-corrected chi connectivity index (χ2v) is 13.3. The molecule has 1 atom stereocenters. The van der Waals surface area contributed by atoms with Crippen molar-refractivity contribution in [2.24, 2.45) is 29.1 Å². The highest BCUT2D eigenvalue weighted by atomic mass is 32.1. The maximum atomic E-state index is 11.5. The number of likely N-dealkylation sites (tertiary alicyclic amines) is 1. The van der Waals surface area contributed by atoms with E-state index >= 15 is 0 Å². The summed E-state index contributed by atoms with van der Waals surface area (Å²) in [4.78, 5) is 2.57. The molecule has 4 bridgehead atoms. The van der Waals surface area contributed by atoms with Crippen molar-refractivity contribution in [3.8, 4) is 0 Å². The third-order valence-electron chi connectivity index (χ3n) is 9.77. The summed E-state index contributed by atoms with van der Waals surface area (Å²) in [6.07, 6.45) is 10.5. The summed E-state index contributed by atoms with van der Waals surface area (Å²) in [6.45, 7) is 4.15. The molecule has 1 aromatic heterocycles. The minimum Gasteiger partial charge on any atom is -0.454 e. The number of fused-ring (bicyclic) bond motifs is 2. The molecule has 5 aliphatic rings. The number of hydrogen-bond donors (Lipinski definition) is 1. The Morgan fingerprint density at radius 2 is 1.51 bits per heavy atom. The van der Waals surface area contributed by atoms with E-state index in [9.17, 15) is 5.11 Å². The van der Waals surface area contributed by atoms with Crippen LogP contribution in [0.15, 0.2) is 52.9 Å². The molecule has 4 aliphatic carbocycles. The number of para-hydroxylation sites is 3. The van der Waals surface area contributed by atoms with Gasteiger partial charge in [-0.3, -0.25) is 3.96 Å². The predicted octanol–water partition coefficient (Wildman–Crippen LogP) is 6.86. The average Bonchev–Trinajstić information content (AvgIpc) is 3.01. The summed E-state index contributed by atoms with van der Waals surface area (Å²) in [5, 5.41) is 11.5. The van der Waals surface area contributed by atoms with E-state index < -0.39 is 0 Å². The first-order chi connectivity index (χ1) is 17.1. The van der Waals surface area contributed by atoms with E-state index in [4.69, 9.17) is 4.42 Å². The van der Waals surface area contributed by atoms with Crippen molar-refractivity contribution in [3.05, 3.63) is 48.5 Å². The first kappa shape index (κ1) is 22.4. The second-order valence-electron chi connectivity index (χ2n) is 12.2. The third-order valence-corrected chi connectivity index (χ3v) is 10.9. The van der Waals surface area contributed by atoms with Gasteiger partial charge in [-0.15, -0.1) is 0 Å². The van der Waals surface area contributed by atoms with Gasteiger partial charge in [-0.1, -0.05) is 35.8 Å². The molecule has 0 amide bonds. The first-order valence-corrected chi connectivity index (χ1v) is 14.6. The van der Waals surface area contributed by atoms with Crippen molar-refractivity contribution < 1.29 is 9.52 Å². The van der Waals surface area contributed by atoms with E-state index in [1.165, 1.54) is 61.6 Å². The van der Waals surface area contributed by atoms with Crippen LogP contribution in [0.3, 0.4) is 0 Å². The number of rotatable bonds is 5. The second kappa shape index (κ2) is 8.93. The fourth-order valence-electron chi connectivity index (χ4n) is 8.39. The summed E-state index contributed by atoms with van der Waals surface area (Å²) in [5.74, 6) is 3.38. The highest BCUT2D eigenvalue weighted by Gasteiger charge is 2.54. The molecule has 1 aliphatic heterocycles. The lowest BCUT2D eigenvalue weighted by atomic mass is 9.48. The van der Waals surface area contributed by atoms with Crippen LogP contribution >= 0.6 is 11.5 Å². The van der Waals surface area contributed by atoms with Gasteiger partial charge in [-0.05, 0) is 118 Å². The maximum Gasteiger partial charge on any atom is 0.151 e. The van der Waals surface area contributed by atoms with Crippen LogP contribution in [0.25, 0.3) is 21.4 Å². The molecular formula is C30H38N2O2S. The average molecular weight is 491 g/mol. The number of hydrogen-bond acceptors (Lipinski definition) is 4. The lowest BCUT2D eigenvalue weighted by molar-refractivity contribution is -0.128. The summed E-state index contributed by atoms with van der Waals surface area (Å²) in [7, 11) is 0. The number of benzene rings is 2. The molecule has 0 spiro atoms. The summed E-state index contributed by atoms with van der Waals surface area (Å²) in [6, 6.07) is 16.8. The van der Waals surface area contributed by atoms with E-state index in [0.29, 0.717) is 5.92 Å². The molecule has 186 valence electrons. The van der Waals surface area contributed by atoms with E-state index in [1.807, 2.05) is 17.6 Å². The maximum absolute atomic E-state index is 11.5. The molecule has 35 heavy (non-hydrogen) atoms. The van der Waals surface area contributed by atoms with Gasteiger partial charge < -0.3 is 14.4 Å². The van der Waals surface area contributed by atoms with Gasteiger partial charge in [0.25, 0.3) is 0 Å². The zero-order valence-corrected chi connectivity index (χ0v) is 21.5. The van der Waals surface area contributed by atoms with Gasteiger partial charge in [0.2, 0.25) is 0 Å². The van der Waals surface area contributed by atoms with E-state index in [1.54, 1.807) is 0 Å². The van der Waals surface area contributed by atoms with E-state index in [2.05, 4.69) is 51.3 Å². The molecule has 0 unspecified atom stereocenters. The van der Waals surface area contributed by atoms with Crippen molar-refractivity contribution >= 4 is 32.9 Å². The Kier molecular flexibility index (Phi) is 5.71. The number of aliphatic hydroxyl groups is 1. The summed E-state index contributed by atoms with van der Waals surface area (Å²) >= 11 is 1.81. The van der Waals surface area contributed by atoms with Gasteiger partial charge in [0, 0.05) is 13.1 Å². The standard InChI is InChI=1S/C30H38N2O2S/c33-29(30-16-22-13-23(17-30)15-24(14-22)18-30)20-31-11-9-21(10-12-31)19-32-25-5-1-2-6-26(25)34-27-7-3-4-8-28(27)35-32/h1-8,21-24,29,33H,9-20H2/t22?,23?,24?,29-,30?/m0/s1. The van der Waals surface area contributed by atoms with E-state index in [-0.39, 0.29) is 11.5 Å². The van der Waals surface area contributed by atoms with Gasteiger partial charge in [0.05, 0.1) is 16.3 Å². The number of β-amino-alcohol motifs (C(OH)–C–C–N with tert-alkyl or cyclic N) is 1. The van der Waals surface area contributed by atoms with Crippen LogP contribution in [0, 0.1) is 29.1 Å². The molecule has 3 aromatic rings. The molecule has 2 aromatic carbocycles. The lowest BCUT2D eigenvalue weighted by Crippen LogP contribution is -2.55. The fourth-order valence-corrected chi connectivity index (χ4v) is 9.50. The quantitative estimate of drug-likeness (QED) is 0.425. The highest BCUT2D eigenvalue weighted by Crippen LogP contribution is 2.61. The molecule has 5 heteroatoms. The Balaban J connectivity index is 1.04. The SMILES string of the molecule is O[C@@H](CN1CCC(Cn2sc3ccccc3oc3ccccc32)CC1)C12CC3CC(CC(C3)C1)C2. The molecule has 0 radical (unpaired) electrons.